The highest BCUT2D eigenvalue weighted by Gasteiger charge is 2.17. The van der Waals surface area contributed by atoms with Gasteiger partial charge in [-0.15, -0.1) is 0 Å². The van der Waals surface area contributed by atoms with Gasteiger partial charge in [-0.1, -0.05) is 0 Å². The number of nitro groups is 1. The minimum atomic E-state index is -1.05. The lowest BCUT2D eigenvalue weighted by molar-refractivity contribution is -0.384. The second-order valence-corrected chi connectivity index (χ2v) is 2.87. The van der Waals surface area contributed by atoms with Crippen molar-refractivity contribution in [1.82, 2.24) is 4.98 Å². The largest absolute Gasteiger partial charge is 0.480 e. The highest BCUT2D eigenvalue weighted by atomic mass is 16.6. The average molecular weight is 211 g/mol. The summed E-state index contributed by atoms with van der Waals surface area (Å²) in [6.07, 6.45) is 2.47. The highest BCUT2D eigenvalue weighted by Crippen LogP contribution is 2.24. The SMILES string of the molecule is CN(CC(=O)O)c1ccncc1[N+](=O)[O-]. The van der Waals surface area contributed by atoms with Gasteiger partial charge in [-0.3, -0.25) is 19.9 Å². The quantitative estimate of drug-likeness (QED) is 0.575. The van der Waals surface area contributed by atoms with Crippen LogP contribution in [0.5, 0.6) is 0 Å². The van der Waals surface area contributed by atoms with Crippen molar-refractivity contribution in [2.45, 2.75) is 0 Å². The van der Waals surface area contributed by atoms with E-state index < -0.39 is 10.9 Å². The van der Waals surface area contributed by atoms with Crippen LogP contribution in [0.4, 0.5) is 11.4 Å². The van der Waals surface area contributed by atoms with E-state index in [2.05, 4.69) is 4.98 Å². The van der Waals surface area contributed by atoms with E-state index in [1.165, 1.54) is 24.2 Å². The van der Waals surface area contributed by atoms with Gasteiger partial charge in [-0.05, 0) is 6.07 Å². The van der Waals surface area contributed by atoms with Crippen LogP contribution < -0.4 is 4.90 Å². The van der Waals surface area contributed by atoms with Crippen LogP contribution in [-0.4, -0.2) is 34.6 Å². The Morgan fingerprint density at radius 1 is 1.73 bits per heavy atom. The second kappa shape index (κ2) is 4.36. The first-order chi connectivity index (χ1) is 7.02. The van der Waals surface area contributed by atoms with E-state index in [9.17, 15) is 14.9 Å². The maximum Gasteiger partial charge on any atom is 0.323 e. The van der Waals surface area contributed by atoms with Gasteiger partial charge >= 0.3 is 11.7 Å². The first-order valence-electron chi connectivity index (χ1n) is 4.03. The van der Waals surface area contributed by atoms with Gasteiger partial charge in [0.15, 0.2) is 0 Å². The molecule has 1 aromatic rings. The van der Waals surface area contributed by atoms with Crippen molar-refractivity contribution in [2.24, 2.45) is 0 Å². The van der Waals surface area contributed by atoms with E-state index >= 15 is 0 Å². The van der Waals surface area contributed by atoms with Crippen LogP contribution in [0.1, 0.15) is 0 Å². The van der Waals surface area contributed by atoms with Gasteiger partial charge < -0.3 is 10.0 Å². The number of likely N-dealkylation sites (N-methyl/N-ethyl adjacent to an activating group) is 1. The minimum absolute atomic E-state index is 0.207. The van der Waals surface area contributed by atoms with Crippen molar-refractivity contribution >= 4 is 17.3 Å². The number of hydrogen-bond donors (Lipinski definition) is 1. The third kappa shape index (κ3) is 2.63. The van der Waals surface area contributed by atoms with Gasteiger partial charge in [0.2, 0.25) is 0 Å². The normalized spacial score (nSPS) is 9.67. The number of pyridine rings is 1. The maximum atomic E-state index is 10.6. The highest BCUT2D eigenvalue weighted by molar-refractivity contribution is 5.75. The molecule has 0 unspecified atom stereocenters. The van der Waals surface area contributed by atoms with Gasteiger partial charge in [0, 0.05) is 13.2 Å². The van der Waals surface area contributed by atoms with Crippen LogP contribution in [-0.2, 0) is 4.79 Å². The molecule has 7 heteroatoms. The number of carboxylic acids is 1. The Hall–Kier alpha value is -2.18. The minimum Gasteiger partial charge on any atom is -0.480 e. The van der Waals surface area contributed by atoms with Crippen LogP contribution in [0.3, 0.4) is 0 Å². The van der Waals surface area contributed by atoms with Crippen molar-refractivity contribution in [3.63, 3.8) is 0 Å². The fourth-order valence-electron chi connectivity index (χ4n) is 1.13. The Kier molecular flexibility index (Phi) is 3.17. The summed E-state index contributed by atoms with van der Waals surface area (Å²) in [5.74, 6) is -1.05. The van der Waals surface area contributed by atoms with E-state index in [0.29, 0.717) is 0 Å². The molecule has 15 heavy (non-hydrogen) atoms. The van der Waals surface area contributed by atoms with Crippen molar-refractivity contribution in [2.75, 3.05) is 18.5 Å². The molecule has 0 aliphatic carbocycles. The summed E-state index contributed by atoms with van der Waals surface area (Å²) in [6.45, 7) is -0.301. The van der Waals surface area contributed by atoms with E-state index in [4.69, 9.17) is 5.11 Å². The molecule has 0 bridgehead atoms. The molecule has 0 atom stereocenters. The molecule has 0 amide bonds. The molecule has 1 N–H and O–H groups in total. The molecule has 0 aromatic carbocycles. The topological polar surface area (TPSA) is 96.6 Å². The molecule has 0 fully saturated rings. The van der Waals surface area contributed by atoms with Crippen LogP contribution in [0.15, 0.2) is 18.5 Å². The third-order valence-electron chi connectivity index (χ3n) is 1.76. The Morgan fingerprint density at radius 2 is 2.40 bits per heavy atom. The molecule has 0 spiro atoms. The zero-order valence-corrected chi connectivity index (χ0v) is 7.95. The number of anilines is 1. The summed E-state index contributed by atoms with van der Waals surface area (Å²) >= 11 is 0. The lowest BCUT2D eigenvalue weighted by Crippen LogP contribution is -2.25. The Labute approximate surface area is 85.1 Å². The molecule has 0 saturated carbocycles. The van der Waals surface area contributed by atoms with Crippen LogP contribution in [0.25, 0.3) is 0 Å². The standard InChI is InChI=1S/C8H9N3O4/c1-10(5-8(12)13)6-2-3-9-4-7(6)11(14)15/h2-4H,5H2,1H3,(H,12,13). The number of aliphatic carboxylic acids is 1. The summed E-state index contributed by atoms with van der Waals surface area (Å²) in [5, 5.41) is 19.2. The molecule has 0 aliphatic heterocycles. The molecule has 0 saturated heterocycles. The molecule has 0 radical (unpaired) electrons. The summed E-state index contributed by atoms with van der Waals surface area (Å²) < 4.78 is 0. The smallest absolute Gasteiger partial charge is 0.323 e. The fraction of sp³-hybridized carbons (Fsp3) is 0.250. The van der Waals surface area contributed by atoms with Crippen LogP contribution in [0, 0.1) is 10.1 Å². The summed E-state index contributed by atoms with van der Waals surface area (Å²) in [5.41, 5.74) is 0.0265. The number of carbonyl (C=O) groups is 1. The number of carboxylic acid groups (broad SMARTS) is 1. The predicted molar refractivity (Wildman–Crippen MR) is 51.8 cm³/mol. The molecule has 7 nitrogen and oxygen atoms in total. The molecule has 1 heterocycles. The molecular formula is C8H9N3O4. The number of aromatic nitrogens is 1. The van der Waals surface area contributed by atoms with Gasteiger partial charge in [0.05, 0.1) is 4.92 Å². The van der Waals surface area contributed by atoms with Crippen molar-refractivity contribution < 1.29 is 14.8 Å². The first-order valence-corrected chi connectivity index (χ1v) is 4.03. The van der Waals surface area contributed by atoms with E-state index in [1.807, 2.05) is 0 Å². The summed E-state index contributed by atoms with van der Waals surface area (Å²) in [4.78, 5) is 25.3. The number of nitrogens with zero attached hydrogens (tertiary/aromatic N) is 3. The maximum absolute atomic E-state index is 10.6. The van der Waals surface area contributed by atoms with Gasteiger partial charge in [0.1, 0.15) is 18.4 Å². The summed E-state index contributed by atoms with van der Waals surface area (Å²) in [6, 6.07) is 1.40. The van der Waals surface area contributed by atoms with Crippen LogP contribution >= 0.6 is 0 Å². The zero-order valence-electron chi connectivity index (χ0n) is 7.95. The predicted octanol–water partition coefficient (Wildman–Crippen LogP) is 0.511. The van der Waals surface area contributed by atoms with E-state index in [0.717, 1.165) is 6.20 Å². The van der Waals surface area contributed by atoms with E-state index in [-0.39, 0.29) is 17.9 Å². The fourth-order valence-corrected chi connectivity index (χ4v) is 1.13. The molecule has 1 aromatic heterocycles. The molecule has 0 aliphatic rings. The Morgan fingerprint density at radius 3 is 2.93 bits per heavy atom. The van der Waals surface area contributed by atoms with Gasteiger partial charge in [0.25, 0.3) is 0 Å². The monoisotopic (exact) mass is 211 g/mol. The number of hydrogen-bond acceptors (Lipinski definition) is 5. The lowest BCUT2D eigenvalue weighted by atomic mass is 10.3. The third-order valence-corrected chi connectivity index (χ3v) is 1.76. The molecular weight excluding hydrogens is 202 g/mol. The lowest BCUT2D eigenvalue weighted by Gasteiger charge is -2.15. The van der Waals surface area contributed by atoms with Crippen molar-refractivity contribution in [1.29, 1.82) is 0 Å². The average Bonchev–Trinajstić information content (AvgIpc) is 2.16. The van der Waals surface area contributed by atoms with Crippen LogP contribution in [0.2, 0.25) is 0 Å². The van der Waals surface area contributed by atoms with Gasteiger partial charge in [-0.25, -0.2) is 0 Å². The Balaban J connectivity index is 3.02. The van der Waals surface area contributed by atoms with Crippen molar-refractivity contribution in [3.05, 3.63) is 28.6 Å². The van der Waals surface area contributed by atoms with Gasteiger partial charge in [-0.2, -0.15) is 0 Å². The molecule has 1 rings (SSSR count). The van der Waals surface area contributed by atoms with E-state index in [1.54, 1.807) is 0 Å². The first kappa shape index (κ1) is 10.9. The summed E-state index contributed by atoms with van der Waals surface area (Å²) in [7, 11) is 1.47. The Bertz CT molecular complexity index is 393. The number of rotatable bonds is 4. The second-order valence-electron chi connectivity index (χ2n) is 2.87. The van der Waals surface area contributed by atoms with Crippen molar-refractivity contribution in [3.8, 4) is 0 Å². The zero-order chi connectivity index (χ0) is 11.4. The molecule has 80 valence electrons.